The number of hydrogen-bond donors (Lipinski definition) is 1. The summed E-state index contributed by atoms with van der Waals surface area (Å²) in [4.78, 5) is 0. The van der Waals surface area contributed by atoms with Crippen LogP contribution in [0.15, 0.2) is 18.2 Å². The molecule has 0 amide bonds. The highest BCUT2D eigenvalue weighted by molar-refractivity contribution is 5.35. The molecule has 0 saturated carbocycles. The molecule has 2 N–H and O–H groups in total. The van der Waals surface area contributed by atoms with E-state index in [4.69, 9.17) is 10.5 Å². The van der Waals surface area contributed by atoms with Crippen LogP contribution in [0.5, 0.6) is 5.75 Å². The molecular weight excluding hydrogens is 181 g/mol. The van der Waals surface area contributed by atoms with Crippen molar-refractivity contribution in [2.75, 3.05) is 6.61 Å². The second-order valence-electron chi connectivity index (χ2n) is 3.89. The van der Waals surface area contributed by atoms with Gasteiger partial charge < -0.3 is 10.5 Å². The van der Waals surface area contributed by atoms with Crippen LogP contribution in [0.25, 0.3) is 0 Å². The van der Waals surface area contributed by atoms with Gasteiger partial charge in [-0.1, -0.05) is 0 Å². The molecule has 2 rings (SSSR count). The van der Waals surface area contributed by atoms with Crippen LogP contribution in [-0.2, 0) is 6.42 Å². The first-order chi connectivity index (χ1) is 6.66. The van der Waals surface area contributed by atoms with Gasteiger partial charge in [-0.05, 0) is 37.1 Å². The summed E-state index contributed by atoms with van der Waals surface area (Å²) in [7, 11) is 0. The van der Waals surface area contributed by atoms with Crippen LogP contribution < -0.4 is 10.5 Å². The minimum atomic E-state index is -0.210. The van der Waals surface area contributed by atoms with E-state index in [-0.39, 0.29) is 11.9 Å². The lowest BCUT2D eigenvalue weighted by molar-refractivity contribution is 0.204. The van der Waals surface area contributed by atoms with Crippen molar-refractivity contribution in [1.29, 1.82) is 0 Å². The monoisotopic (exact) mass is 195 g/mol. The molecule has 1 unspecified atom stereocenters. The summed E-state index contributed by atoms with van der Waals surface area (Å²) in [6.07, 6.45) is 0.810. The minimum Gasteiger partial charge on any atom is -0.493 e. The van der Waals surface area contributed by atoms with Gasteiger partial charge in [0.2, 0.25) is 0 Å². The maximum absolute atomic E-state index is 12.9. The summed E-state index contributed by atoms with van der Waals surface area (Å²) in [5.74, 6) is 0.880. The predicted octanol–water partition coefficient (Wildman–Crippen LogP) is 1.72. The van der Waals surface area contributed by atoms with E-state index in [0.717, 1.165) is 17.7 Å². The average Bonchev–Trinajstić information content (AvgIpc) is 2.16. The molecule has 14 heavy (non-hydrogen) atoms. The Bertz CT molecular complexity index is 338. The highest BCUT2D eigenvalue weighted by atomic mass is 19.1. The Morgan fingerprint density at radius 2 is 2.36 bits per heavy atom. The SMILES string of the molecule is C[C@H](N)C1COc2ccc(F)cc2C1. The van der Waals surface area contributed by atoms with E-state index in [1.54, 1.807) is 6.07 Å². The second-order valence-corrected chi connectivity index (χ2v) is 3.89. The van der Waals surface area contributed by atoms with E-state index in [2.05, 4.69) is 0 Å². The van der Waals surface area contributed by atoms with Gasteiger partial charge in [0.1, 0.15) is 11.6 Å². The summed E-state index contributed by atoms with van der Waals surface area (Å²) in [6, 6.07) is 4.73. The van der Waals surface area contributed by atoms with E-state index in [1.165, 1.54) is 12.1 Å². The van der Waals surface area contributed by atoms with Crippen LogP contribution >= 0.6 is 0 Å². The minimum absolute atomic E-state index is 0.0893. The Hall–Kier alpha value is -1.09. The van der Waals surface area contributed by atoms with E-state index in [0.29, 0.717) is 12.5 Å². The van der Waals surface area contributed by atoms with Crippen molar-refractivity contribution in [1.82, 2.24) is 0 Å². The zero-order valence-electron chi connectivity index (χ0n) is 8.16. The largest absolute Gasteiger partial charge is 0.493 e. The summed E-state index contributed by atoms with van der Waals surface area (Å²) in [6.45, 7) is 2.59. The standard InChI is InChI=1S/C11H14FNO/c1-7(13)9-4-8-5-10(12)2-3-11(8)14-6-9/h2-3,5,7,9H,4,6,13H2,1H3/t7-,9?/m0/s1. The first-order valence-corrected chi connectivity index (χ1v) is 4.83. The average molecular weight is 195 g/mol. The van der Waals surface area contributed by atoms with Crippen molar-refractivity contribution < 1.29 is 9.13 Å². The fourth-order valence-electron chi connectivity index (χ4n) is 1.72. The van der Waals surface area contributed by atoms with Crippen molar-refractivity contribution in [2.24, 2.45) is 11.7 Å². The van der Waals surface area contributed by atoms with Gasteiger partial charge in [-0.25, -0.2) is 4.39 Å². The molecular formula is C11H14FNO. The molecule has 1 aromatic rings. The summed E-state index contributed by atoms with van der Waals surface area (Å²) in [5, 5.41) is 0. The molecule has 0 radical (unpaired) electrons. The maximum Gasteiger partial charge on any atom is 0.123 e. The number of ether oxygens (including phenoxy) is 1. The smallest absolute Gasteiger partial charge is 0.123 e. The molecule has 2 atom stereocenters. The number of rotatable bonds is 1. The summed E-state index contributed by atoms with van der Waals surface area (Å²) < 4.78 is 18.4. The first kappa shape index (κ1) is 9.46. The van der Waals surface area contributed by atoms with Gasteiger partial charge in [0.15, 0.2) is 0 Å². The van der Waals surface area contributed by atoms with Crippen molar-refractivity contribution >= 4 is 0 Å². The third-order valence-electron chi connectivity index (χ3n) is 2.70. The van der Waals surface area contributed by atoms with E-state index in [1.807, 2.05) is 6.92 Å². The van der Waals surface area contributed by atoms with Crippen LogP contribution in [0.2, 0.25) is 0 Å². The van der Waals surface area contributed by atoms with Gasteiger partial charge in [0.05, 0.1) is 6.61 Å². The number of benzene rings is 1. The van der Waals surface area contributed by atoms with Crippen LogP contribution in [-0.4, -0.2) is 12.6 Å². The molecule has 3 heteroatoms. The van der Waals surface area contributed by atoms with Gasteiger partial charge in [-0.3, -0.25) is 0 Å². The zero-order chi connectivity index (χ0) is 10.1. The molecule has 0 saturated heterocycles. The summed E-state index contributed by atoms with van der Waals surface area (Å²) in [5.41, 5.74) is 6.72. The fraction of sp³-hybridized carbons (Fsp3) is 0.455. The highest BCUT2D eigenvalue weighted by Crippen LogP contribution is 2.28. The summed E-state index contributed by atoms with van der Waals surface area (Å²) >= 11 is 0. The third-order valence-corrected chi connectivity index (χ3v) is 2.70. The van der Waals surface area contributed by atoms with Gasteiger partial charge in [-0.2, -0.15) is 0 Å². The first-order valence-electron chi connectivity index (χ1n) is 4.83. The van der Waals surface area contributed by atoms with Crippen LogP contribution in [0.3, 0.4) is 0 Å². The molecule has 1 aliphatic rings. The van der Waals surface area contributed by atoms with E-state index in [9.17, 15) is 4.39 Å². The number of nitrogens with two attached hydrogens (primary N) is 1. The molecule has 1 aliphatic heterocycles. The molecule has 0 aromatic heterocycles. The van der Waals surface area contributed by atoms with Gasteiger partial charge in [0.25, 0.3) is 0 Å². The van der Waals surface area contributed by atoms with Crippen molar-refractivity contribution in [3.05, 3.63) is 29.6 Å². The zero-order valence-corrected chi connectivity index (χ0v) is 8.16. The van der Waals surface area contributed by atoms with E-state index < -0.39 is 0 Å². The Morgan fingerprint density at radius 1 is 1.57 bits per heavy atom. The Morgan fingerprint density at radius 3 is 3.07 bits per heavy atom. The topological polar surface area (TPSA) is 35.2 Å². The highest BCUT2D eigenvalue weighted by Gasteiger charge is 2.22. The van der Waals surface area contributed by atoms with Gasteiger partial charge in [-0.15, -0.1) is 0 Å². The maximum atomic E-state index is 12.9. The van der Waals surface area contributed by atoms with Crippen LogP contribution in [0, 0.1) is 11.7 Å². The second kappa shape index (κ2) is 3.58. The quantitative estimate of drug-likeness (QED) is 0.740. The molecule has 76 valence electrons. The molecule has 1 heterocycles. The molecule has 0 aliphatic carbocycles. The van der Waals surface area contributed by atoms with Gasteiger partial charge in [0, 0.05) is 12.0 Å². The molecule has 0 bridgehead atoms. The lowest BCUT2D eigenvalue weighted by Crippen LogP contribution is -2.35. The van der Waals surface area contributed by atoms with Crippen molar-refractivity contribution in [3.8, 4) is 5.75 Å². The van der Waals surface area contributed by atoms with Gasteiger partial charge >= 0.3 is 0 Å². The predicted molar refractivity (Wildman–Crippen MR) is 52.7 cm³/mol. The normalized spacial score (nSPS) is 22.4. The molecule has 2 nitrogen and oxygen atoms in total. The van der Waals surface area contributed by atoms with Crippen LogP contribution in [0.1, 0.15) is 12.5 Å². The van der Waals surface area contributed by atoms with Crippen molar-refractivity contribution in [2.45, 2.75) is 19.4 Å². The Kier molecular flexibility index (Phi) is 2.42. The van der Waals surface area contributed by atoms with E-state index >= 15 is 0 Å². The number of halogens is 1. The molecule has 0 fully saturated rings. The van der Waals surface area contributed by atoms with Crippen molar-refractivity contribution in [3.63, 3.8) is 0 Å². The lowest BCUT2D eigenvalue weighted by Gasteiger charge is -2.27. The Balaban J connectivity index is 2.24. The fourth-order valence-corrected chi connectivity index (χ4v) is 1.72. The Labute approximate surface area is 82.9 Å². The van der Waals surface area contributed by atoms with Crippen LogP contribution in [0.4, 0.5) is 4.39 Å². The lowest BCUT2D eigenvalue weighted by atomic mass is 9.92. The molecule has 0 spiro atoms. The number of hydrogen-bond acceptors (Lipinski definition) is 2. The number of fused-ring (bicyclic) bond motifs is 1. The third kappa shape index (κ3) is 1.73. The molecule has 1 aromatic carbocycles.